The lowest BCUT2D eigenvalue weighted by molar-refractivity contribution is -0.157. The van der Waals surface area contributed by atoms with E-state index in [-0.39, 0.29) is 13.2 Å². The molecule has 0 N–H and O–H groups in total. The average molecular weight is 372 g/mol. The number of carbonyl (C=O) groups excluding carboxylic acids is 3. The molecule has 1 aromatic rings. The van der Waals surface area contributed by atoms with E-state index in [4.69, 9.17) is 14.2 Å². The minimum absolute atomic E-state index is 0.0913. The molecule has 2 fully saturated rings. The van der Waals surface area contributed by atoms with Crippen molar-refractivity contribution in [3.05, 3.63) is 35.9 Å². The van der Waals surface area contributed by atoms with Crippen molar-refractivity contribution in [2.75, 3.05) is 20.3 Å². The van der Waals surface area contributed by atoms with Crippen molar-refractivity contribution in [1.29, 1.82) is 5.26 Å². The van der Waals surface area contributed by atoms with Crippen LogP contribution in [0, 0.1) is 29.1 Å². The number of nitriles is 1. The first-order chi connectivity index (χ1) is 13.0. The molecule has 0 bridgehead atoms. The summed E-state index contributed by atoms with van der Waals surface area (Å²) in [4.78, 5) is 39.2. The number of esters is 2. The molecule has 1 aromatic carbocycles. The van der Waals surface area contributed by atoms with Gasteiger partial charge in [-0.15, -0.1) is 0 Å². The van der Waals surface area contributed by atoms with Crippen molar-refractivity contribution in [1.82, 2.24) is 4.90 Å². The van der Waals surface area contributed by atoms with Gasteiger partial charge in [0.05, 0.1) is 32.4 Å². The first kappa shape index (κ1) is 18.9. The van der Waals surface area contributed by atoms with E-state index in [1.807, 2.05) is 36.4 Å². The van der Waals surface area contributed by atoms with Crippen LogP contribution in [0.5, 0.6) is 0 Å². The molecule has 8 heteroatoms. The van der Waals surface area contributed by atoms with Gasteiger partial charge in [-0.3, -0.25) is 14.4 Å². The molecule has 8 nitrogen and oxygen atoms in total. The van der Waals surface area contributed by atoms with Crippen molar-refractivity contribution in [3.63, 3.8) is 0 Å². The van der Waals surface area contributed by atoms with Gasteiger partial charge in [-0.05, 0) is 6.92 Å². The minimum Gasteiger partial charge on any atom is -0.468 e. The SMILES string of the molecule is CCOC(=O)C1C(=O)N2[C@@H](c3ccccc3)OC[C@@H]2C1C(C#N)C(=O)OC. The molecule has 2 heterocycles. The molecule has 1 amide bonds. The predicted molar refractivity (Wildman–Crippen MR) is 90.5 cm³/mol. The van der Waals surface area contributed by atoms with E-state index in [2.05, 4.69) is 0 Å². The molecular weight excluding hydrogens is 352 g/mol. The van der Waals surface area contributed by atoms with Gasteiger partial charge < -0.3 is 19.1 Å². The van der Waals surface area contributed by atoms with Gasteiger partial charge in [-0.1, -0.05) is 30.3 Å². The van der Waals surface area contributed by atoms with Gasteiger partial charge >= 0.3 is 11.9 Å². The normalized spacial score (nSPS) is 27.6. The highest BCUT2D eigenvalue weighted by Crippen LogP contribution is 2.46. The summed E-state index contributed by atoms with van der Waals surface area (Å²) in [6, 6.07) is 10.4. The van der Waals surface area contributed by atoms with Crippen LogP contribution in [-0.2, 0) is 28.6 Å². The summed E-state index contributed by atoms with van der Waals surface area (Å²) < 4.78 is 15.6. The largest absolute Gasteiger partial charge is 0.468 e. The van der Waals surface area contributed by atoms with Crippen LogP contribution in [0.25, 0.3) is 0 Å². The molecule has 5 atom stereocenters. The standard InChI is InChI=1S/C19H20N2O6/c1-3-26-19(24)15-14(12(9-20)18(23)25-2)13-10-27-17(21(13)16(15)22)11-7-5-4-6-8-11/h4-8,12-15,17H,3,10H2,1-2H3/t12?,13-,14?,15?,17-/m1/s1. The summed E-state index contributed by atoms with van der Waals surface area (Å²) in [7, 11) is 1.17. The van der Waals surface area contributed by atoms with Gasteiger partial charge in [0, 0.05) is 11.5 Å². The first-order valence-electron chi connectivity index (χ1n) is 8.67. The third-order valence-electron chi connectivity index (χ3n) is 4.99. The number of rotatable bonds is 5. The smallest absolute Gasteiger partial charge is 0.323 e. The van der Waals surface area contributed by atoms with Crippen molar-refractivity contribution >= 4 is 17.8 Å². The topological polar surface area (TPSA) is 106 Å². The van der Waals surface area contributed by atoms with Crippen molar-refractivity contribution in [2.24, 2.45) is 17.8 Å². The number of methoxy groups -OCH3 is 1. The summed E-state index contributed by atoms with van der Waals surface area (Å²) in [5, 5.41) is 9.53. The molecule has 0 spiro atoms. The van der Waals surface area contributed by atoms with Crippen LogP contribution in [0.2, 0.25) is 0 Å². The Kier molecular flexibility index (Phi) is 5.42. The molecule has 0 aromatic heterocycles. The summed E-state index contributed by atoms with van der Waals surface area (Å²) in [6.07, 6.45) is -0.678. The fourth-order valence-electron chi connectivity index (χ4n) is 3.85. The summed E-state index contributed by atoms with van der Waals surface area (Å²) in [5.74, 6) is -5.44. The van der Waals surface area contributed by atoms with E-state index in [1.165, 1.54) is 12.0 Å². The molecule has 2 aliphatic heterocycles. The highest BCUT2D eigenvalue weighted by atomic mass is 16.5. The Balaban J connectivity index is 2.01. The lowest BCUT2D eigenvalue weighted by atomic mass is 9.80. The van der Waals surface area contributed by atoms with Gasteiger partial charge in [0.15, 0.2) is 6.23 Å². The molecule has 142 valence electrons. The first-order valence-corrected chi connectivity index (χ1v) is 8.67. The molecule has 27 heavy (non-hydrogen) atoms. The van der Waals surface area contributed by atoms with E-state index in [1.54, 1.807) is 6.92 Å². The monoisotopic (exact) mass is 372 g/mol. The second-order valence-corrected chi connectivity index (χ2v) is 6.35. The van der Waals surface area contributed by atoms with E-state index >= 15 is 0 Å². The third kappa shape index (κ3) is 3.15. The van der Waals surface area contributed by atoms with Crippen LogP contribution in [0.15, 0.2) is 30.3 Å². The Morgan fingerprint density at radius 3 is 2.67 bits per heavy atom. The van der Waals surface area contributed by atoms with Gasteiger partial charge in [0.2, 0.25) is 5.91 Å². The summed E-state index contributed by atoms with van der Waals surface area (Å²) in [6.45, 7) is 1.83. The highest BCUT2D eigenvalue weighted by molar-refractivity contribution is 6.01. The number of benzene rings is 1. The van der Waals surface area contributed by atoms with Crippen molar-refractivity contribution in [3.8, 4) is 6.07 Å². The fourth-order valence-corrected chi connectivity index (χ4v) is 3.85. The lowest BCUT2D eigenvalue weighted by Gasteiger charge is -2.24. The van der Waals surface area contributed by atoms with Crippen molar-refractivity contribution in [2.45, 2.75) is 19.2 Å². The Hall–Kier alpha value is -2.92. The van der Waals surface area contributed by atoms with Gasteiger partial charge in [-0.2, -0.15) is 5.26 Å². The second kappa shape index (κ2) is 7.76. The number of nitrogens with zero attached hydrogens (tertiary/aromatic N) is 2. The number of carbonyl (C=O) groups is 3. The molecule has 3 rings (SSSR count). The van der Waals surface area contributed by atoms with Crippen LogP contribution < -0.4 is 0 Å². The zero-order valence-corrected chi connectivity index (χ0v) is 15.0. The number of ether oxygens (including phenoxy) is 3. The molecule has 0 aliphatic carbocycles. The zero-order valence-electron chi connectivity index (χ0n) is 15.0. The predicted octanol–water partition coefficient (Wildman–Crippen LogP) is 1.03. The van der Waals surface area contributed by atoms with Gasteiger partial charge in [0.25, 0.3) is 0 Å². The maximum Gasteiger partial charge on any atom is 0.323 e. The van der Waals surface area contributed by atoms with Crippen LogP contribution in [-0.4, -0.2) is 49.1 Å². The number of hydrogen-bond donors (Lipinski definition) is 0. The Bertz CT molecular complexity index is 774. The third-order valence-corrected chi connectivity index (χ3v) is 4.99. The average Bonchev–Trinajstić information content (AvgIpc) is 3.23. The van der Waals surface area contributed by atoms with E-state index in [9.17, 15) is 19.6 Å². The Labute approximate surface area is 156 Å². The second-order valence-electron chi connectivity index (χ2n) is 6.35. The Morgan fingerprint density at radius 1 is 1.37 bits per heavy atom. The number of fused-ring (bicyclic) bond motifs is 1. The van der Waals surface area contributed by atoms with Crippen molar-refractivity contribution < 1.29 is 28.6 Å². The molecular formula is C19H20N2O6. The maximum atomic E-state index is 13.1. The van der Waals surface area contributed by atoms with Crippen LogP contribution in [0.3, 0.4) is 0 Å². The van der Waals surface area contributed by atoms with Crippen LogP contribution in [0.1, 0.15) is 18.7 Å². The minimum atomic E-state index is -1.28. The fraction of sp³-hybridized carbons (Fsp3) is 0.474. The summed E-state index contributed by atoms with van der Waals surface area (Å²) >= 11 is 0. The number of hydrogen-bond acceptors (Lipinski definition) is 7. The van der Waals surface area contributed by atoms with E-state index in [0.717, 1.165) is 5.56 Å². The van der Waals surface area contributed by atoms with E-state index in [0.29, 0.717) is 0 Å². The molecule has 3 unspecified atom stereocenters. The lowest BCUT2D eigenvalue weighted by Crippen LogP contribution is -2.39. The number of amides is 1. The molecule has 2 saturated heterocycles. The Morgan fingerprint density at radius 2 is 2.07 bits per heavy atom. The molecule has 2 aliphatic rings. The van der Waals surface area contributed by atoms with E-state index < -0.39 is 47.9 Å². The highest BCUT2D eigenvalue weighted by Gasteiger charge is 2.61. The van der Waals surface area contributed by atoms with Crippen LogP contribution >= 0.6 is 0 Å². The quantitative estimate of drug-likeness (QED) is 0.561. The molecule has 0 saturated carbocycles. The summed E-state index contributed by atoms with van der Waals surface area (Å²) in [5.41, 5.74) is 0.753. The zero-order chi connectivity index (χ0) is 19.6. The van der Waals surface area contributed by atoms with Crippen LogP contribution in [0.4, 0.5) is 0 Å². The van der Waals surface area contributed by atoms with Gasteiger partial charge in [-0.25, -0.2) is 0 Å². The molecule has 0 radical (unpaired) electrons. The van der Waals surface area contributed by atoms with Gasteiger partial charge in [0.1, 0.15) is 11.8 Å². The maximum absolute atomic E-state index is 13.1.